The number of hydrogen-bond acceptors (Lipinski definition) is 5. The molecule has 9 heteroatoms. The van der Waals surface area contributed by atoms with E-state index in [2.05, 4.69) is 20.7 Å². The van der Waals surface area contributed by atoms with Gasteiger partial charge in [-0.15, -0.1) is 0 Å². The van der Waals surface area contributed by atoms with Crippen LogP contribution in [0, 0.1) is 5.82 Å². The van der Waals surface area contributed by atoms with Gasteiger partial charge in [-0.05, 0) is 48.2 Å². The minimum absolute atomic E-state index is 0.0121. The number of hydrogen-bond donors (Lipinski definition) is 3. The van der Waals surface area contributed by atoms with E-state index in [1.54, 1.807) is 48.5 Å². The molecule has 2 heterocycles. The molecule has 0 saturated carbocycles. The fourth-order valence-corrected chi connectivity index (χ4v) is 3.63. The van der Waals surface area contributed by atoms with Gasteiger partial charge in [-0.3, -0.25) is 9.48 Å². The number of amides is 1. The van der Waals surface area contributed by atoms with Crippen molar-refractivity contribution in [1.82, 2.24) is 20.1 Å². The Morgan fingerprint density at radius 1 is 1.15 bits per heavy atom. The first-order valence-corrected chi connectivity index (χ1v) is 10.7. The number of nitrogens with zero attached hydrogens (tertiary/aromatic N) is 3. The van der Waals surface area contributed by atoms with E-state index in [0.717, 1.165) is 10.8 Å². The second kappa shape index (κ2) is 9.56. The number of carbonyl (C=O) groups is 1. The van der Waals surface area contributed by atoms with E-state index in [0.29, 0.717) is 22.5 Å². The first-order valence-electron chi connectivity index (χ1n) is 10.4. The zero-order valence-electron chi connectivity index (χ0n) is 18.1. The molecule has 0 unspecified atom stereocenters. The van der Waals surface area contributed by atoms with Gasteiger partial charge in [-0.25, -0.2) is 9.37 Å². The Bertz CT molecular complexity index is 1310. The van der Waals surface area contributed by atoms with Crippen molar-refractivity contribution < 1.29 is 14.3 Å². The van der Waals surface area contributed by atoms with Gasteiger partial charge in [0.25, 0.3) is 5.91 Å². The molecule has 7 nitrogen and oxygen atoms in total. The normalized spacial score (nSPS) is 13.0. The lowest BCUT2D eigenvalue weighted by Crippen LogP contribution is -2.29. The van der Waals surface area contributed by atoms with Crippen LogP contribution in [0.3, 0.4) is 0 Å². The summed E-state index contributed by atoms with van der Waals surface area (Å²) in [5.41, 5.74) is 1.70. The molecule has 0 aliphatic heterocycles. The highest BCUT2D eigenvalue weighted by Gasteiger charge is 2.21. The van der Waals surface area contributed by atoms with Gasteiger partial charge >= 0.3 is 0 Å². The van der Waals surface area contributed by atoms with Crippen LogP contribution in [-0.4, -0.2) is 38.4 Å². The van der Waals surface area contributed by atoms with Crippen LogP contribution in [0.1, 0.15) is 34.5 Å². The average Bonchev–Trinajstić information content (AvgIpc) is 3.24. The molecule has 2 atom stereocenters. The number of halogens is 2. The van der Waals surface area contributed by atoms with E-state index in [4.69, 9.17) is 11.6 Å². The van der Waals surface area contributed by atoms with E-state index in [-0.39, 0.29) is 23.6 Å². The highest BCUT2D eigenvalue weighted by atomic mass is 35.5. The van der Waals surface area contributed by atoms with Crippen LogP contribution in [0.2, 0.25) is 5.02 Å². The number of fused-ring (bicyclic) bond motifs is 1. The molecule has 3 N–H and O–H groups in total. The molecule has 33 heavy (non-hydrogen) atoms. The van der Waals surface area contributed by atoms with Crippen LogP contribution in [0.4, 0.5) is 10.2 Å². The summed E-state index contributed by atoms with van der Waals surface area (Å²) in [6, 6.07) is 10.8. The van der Waals surface area contributed by atoms with Crippen molar-refractivity contribution in [2.24, 2.45) is 7.05 Å². The fourth-order valence-electron chi connectivity index (χ4n) is 3.51. The number of aliphatic hydroxyl groups excluding tert-OH is 1. The third-order valence-corrected chi connectivity index (χ3v) is 5.57. The molecule has 4 rings (SSSR count). The minimum atomic E-state index is -0.617. The molecule has 0 spiro atoms. The molecule has 0 bridgehead atoms. The van der Waals surface area contributed by atoms with E-state index in [1.165, 1.54) is 12.1 Å². The maximum atomic E-state index is 14.2. The molecule has 2 aromatic heterocycles. The Morgan fingerprint density at radius 2 is 1.97 bits per heavy atom. The number of anilines is 1. The summed E-state index contributed by atoms with van der Waals surface area (Å²) in [5.74, 6) is -0.282. The molecule has 4 aromatic rings. The number of benzene rings is 2. The molecule has 2 aromatic carbocycles. The van der Waals surface area contributed by atoms with Crippen LogP contribution < -0.4 is 10.6 Å². The number of pyridine rings is 1. The molecule has 0 aliphatic carbocycles. The topological polar surface area (TPSA) is 92.1 Å². The number of aryl methyl sites for hydroxylation is 1. The Labute approximate surface area is 195 Å². The van der Waals surface area contributed by atoms with Gasteiger partial charge < -0.3 is 15.7 Å². The Hall–Kier alpha value is -3.49. The molecule has 0 radical (unpaired) electrons. The number of carbonyl (C=O) groups excluding carboxylic acids is 1. The van der Waals surface area contributed by atoms with Gasteiger partial charge in [0.2, 0.25) is 0 Å². The fraction of sp³-hybridized carbons (Fsp3) is 0.208. The molecule has 0 saturated heterocycles. The largest absolute Gasteiger partial charge is 0.394 e. The van der Waals surface area contributed by atoms with Gasteiger partial charge in [-0.2, -0.15) is 5.10 Å². The van der Waals surface area contributed by atoms with Crippen LogP contribution >= 0.6 is 11.6 Å². The lowest BCUT2D eigenvalue weighted by molar-refractivity contribution is 0.0943. The van der Waals surface area contributed by atoms with Crippen molar-refractivity contribution in [3.63, 3.8) is 0 Å². The SMILES string of the molecule is C[C@@H](CO)Nc1cc2cc(C(=O)N[C@@H](c3ccc(Cl)c(F)c3)c3cnn(C)c3)ccc2cn1. The molecular formula is C24H23ClFN5O2. The van der Waals surface area contributed by atoms with Crippen molar-refractivity contribution in [3.8, 4) is 0 Å². The summed E-state index contributed by atoms with van der Waals surface area (Å²) in [6.07, 6.45) is 5.10. The van der Waals surface area contributed by atoms with E-state index < -0.39 is 11.9 Å². The van der Waals surface area contributed by atoms with Crippen molar-refractivity contribution in [3.05, 3.63) is 88.6 Å². The van der Waals surface area contributed by atoms with Gasteiger partial charge in [0.15, 0.2) is 0 Å². The van der Waals surface area contributed by atoms with Crippen LogP contribution in [0.15, 0.2) is 61.1 Å². The molecule has 1 amide bonds. The summed E-state index contributed by atoms with van der Waals surface area (Å²) in [6.45, 7) is 1.82. The van der Waals surface area contributed by atoms with Crippen molar-refractivity contribution in [1.29, 1.82) is 0 Å². The summed E-state index contributed by atoms with van der Waals surface area (Å²) in [5, 5.41) is 21.2. The maximum absolute atomic E-state index is 14.2. The van der Waals surface area contributed by atoms with Crippen molar-refractivity contribution >= 4 is 34.1 Å². The average molecular weight is 468 g/mol. The van der Waals surface area contributed by atoms with Crippen molar-refractivity contribution in [2.45, 2.75) is 19.0 Å². The highest BCUT2D eigenvalue weighted by molar-refractivity contribution is 6.30. The van der Waals surface area contributed by atoms with E-state index in [9.17, 15) is 14.3 Å². The Morgan fingerprint density at radius 3 is 2.67 bits per heavy atom. The van der Waals surface area contributed by atoms with E-state index >= 15 is 0 Å². The van der Waals surface area contributed by atoms with Gasteiger partial charge in [-0.1, -0.05) is 23.7 Å². The summed E-state index contributed by atoms with van der Waals surface area (Å²) in [7, 11) is 1.77. The zero-order valence-corrected chi connectivity index (χ0v) is 18.8. The minimum Gasteiger partial charge on any atom is -0.394 e. The van der Waals surface area contributed by atoms with Crippen LogP contribution in [0.5, 0.6) is 0 Å². The lowest BCUT2D eigenvalue weighted by atomic mass is 10.0. The Kier molecular flexibility index (Phi) is 6.57. The third-order valence-electron chi connectivity index (χ3n) is 5.26. The summed E-state index contributed by atoms with van der Waals surface area (Å²) in [4.78, 5) is 17.5. The maximum Gasteiger partial charge on any atom is 0.252 e. The van der Waals surface area contributed by atoms with E-state index in [1.807, 2.05) is 19.1 Å². The van der Waals surface area contributed by atoms with Crippen molar-refractivity contribution in [2.75, 3.05) is 11.9 Å². The standard InChI is InChI=1S/C24H23ClFN5O2/c1-14(13-32)29-22-9-18-7-16(3-4-17(18)10-27-22)24(33)30-23(19-11-28-31(2)12-19)15-5-6-20(25)21(26)8-15/h3-12,14,23,32H,13H2,1-2H3,(H,27,29)(H,30,33)/t14-,23-/m0/s1. The number of rotatable bonds is 7. The lowest BCUT2D eigenvalue weighted by Gasteiger charge is -2.19. The first kappa shape index (κ1) is 22.7. The highest BCUT2D eigenvalue weighted by Crippen LogP contribution is 2.26. The molecule has 0 aliphatic rings. The number of aromatic nitrogens is 3. The molecular weight excluding hydrogens is 445 g/mol. The molecule has 170 valence electrons. The number of nitrogens with one attached hydrogen (secondary N) is 2. The quantitative estimate of drug-likeness (QED) is 0.381. The third kappa shape index (κ3) is 5.13. The predicted octanol–water partition coefficient (Wildman–Crippen LogP) is 4.07. The second-order valence-corrected chi connectivity index (χ2v) is 8.29. The van der Waals surface area contributed by atoms with Gasteiger partial charge in [0.1, 0.15) is 11.6 Å². The predicted molar refractivity (Wildman–Crippen MR) is 126 cm³/mol. The number of aliphatic hydroxyl groups is 1. The Balaban J connectivity index is 1.65. The smallest absolute Gasteiger partial charge is 0.252 e. The second-order valence-electron chi connectivity index (χ2n) is 7.89. The first-order chi connectivity index (χ1) is 15.8. The summed E-state index contributed by atoms with van der Waals surface area (Å²) < 4.78 is 15.8. The van der Waals surface area contributed by atoms with Gasteiger partial charge in [0.05, 0.1) is 23.9 Å². The zero-order chi connectivity index (χ0) is 23.5. The van der Waals surface area contributed by atoms with Crippen LogP contribution in [-0.2, 0) is 7.05 Å². The molecule has 0 fully saturated rings. The monoisotopic (exact) mass is 467 g/mol. The van der Waals surface area contributed by atoms with Gasteiger partial charge in [0, 0.05) is 42.0 Å². The summed E-state index contributed by atoms with van der Waals surface area (Å²) >= 11 is 5.84. The van der Waals surface area contributed by atoms with Crippen LogP contribution in [0.25, 0.3) is 10.8 Å².